The summed E-state index contributed by atoms with van der Waals surface area (Å²) in [7, 11) is 0. The van der Waals surface area contributed by atoms with Crippen LogP contribution in [0.15, 0.2) is 28.9 Å². The van der Waals surface area contributed by atoms with Crippen molar-refractivity contribution in [1.82, 2.24) is 4.98 Å². The first kappa shape index (κ1) is 11.3. The summed E-state index contributed by atoms with van der Waals surface area (Å²) in [4.78, 5) is 14.3. The molecular formula is C11H7F2NO3. The Kier molecular flexibility index (Phi) is 2.86. The van der Waals surface area contributed by atoms with E-state index in [9.17, 15) is 13.6 Å². The highest BCUT2D eigenvalue weighted by molar-refractivity contribution is 5.69. The van der Waals surface area contributed by atoms with E-state index in [2.05, 4.69) is 4.98 Å². The molecule has 0 aliphatic carbocycles. The van der Waals surface area contributed by atoms with Gasteiger partial charge in [-0.05, 0) is 18.2 Å². The highest BCUT2D eigenvalue weighted by Gasteiger charge is 2.11. The molecule has 2 aromatic rings. The summed E-state index contributed by atoms with van der Waals surface area (Å²) in [5, 5.41) is 8.54. The van der Waals surface area contributed by atoms with Gasteiger partial charge in [0, 0.05) is 5.56 Å². The lowest BCUT2D eigenvalue weighted by molar-refractivity contribution is -0.136. The van der Waals surface area contributed by atoms with Crippen molar-refractivity contribution in [3.8, 4) is 11.5 Å². The summed E-state index contributed by atoms with van der Waals surface area (Å²) in [6.07, 6.45) is 0.887. The molecule has 88 valence electrons. The molecule has 0 saturated carbocycles. The van der Waals surface area contributed by atoms with Crippen molar-refractivity contribution < 1.29 is 23.1 Å². The molecule has 0 spiro atoms. The Morgan fingerprint density at radius 3 is 2.76 bits per heavy atom. The van der Waals surface area contributed by atoms with Gasteiger partial charge >= 0.3 is 5.97 Å². The number of carboxylic acid groups (broad SMARTS) is 1. The Bertz CT molecular complexity index is 566. The molecule has 0 fully saturated rings. The average molecular weight is 239 g/mol. The summed E-state index contributed by atoms with van der Waals surface area (Å²) in [5.41, 5.74) is 0.470. The van der Waals surface area contributed by atoms with Gasteiger partial charge in [-0.3, -0.25) is 4.79 Å². The number of hydrogen-bond donors (Lipinski definition) is 1. The topological polar surface area (TPSA) is 63.3 Å². The van der Waals surface area contributed by atoms with Gasteiger partial charge in [-0.15, -0.1) is 0 Å². The lowest BCUT2D eigenvalue weighted by Gasteiger charge is -1.96. The van der Waals surface area contributed by atoms with E-state index in [-0.39, 0.29) is 23.6 Å². The van der Waals surface area contributed by atoms with Gasteiger partial charge in [0.15, 0.2) is 11.6 Å². The number of aromatic nitrogens is 1. The summed E-state index contributed by atoms with van der Waals surface area (Å²) >= 11 is 0. The van der Waals surface area contributed by atoms with Gasteiger partial charge in [0.2, 0.25) is 5.89 Å². The molecule has 0 atom stereocenters. The highest BCUT2D eigenvalue weighted by atomic mass is 19.2. The van der Waals surface area contributed by atoms with Crippen molar-refractivity contribution >= 4 is 5.97 Å². The minimum atomic E-state index is -1.05. The number of rotatable bonds is 3. The molecular weight excluding hydrogens is 232 g/mol. The largest absolute Gasteiger partial charge is 0.481 e. The Morgan fingerprint density at radius 2 is 2.12 bits per heavy atom. The number of halogens is 2. The summed E-state index contributed by atoms with van der Waals surface area (Å²) in [5.74, 6) is -2.97. The number of carbonyl (C=O) groups is 1. The van der Waals surface area contributed by atoms with E-state index in [1.165, 1.54) is 12.3 Å². The van der Waals surface area contributed by atoms with Crippen LogP contribution in [-0.4, -0.2) is 16.1 Å². The molecule has 1 heterocycles. The predicted molar refractivity (Wildman–Crippen MR) is 53.2 cm³/mol. The van der Waals surface area contributed by atoms with Crippen LogP contribution in [0.4, 0.5) is 8.78 Å². The fourth-order valence-corrected chi connectivity index (χ4v) is 1.30. The molecule has 0 bridgehead atoms. The van der Waals surface area contributed by atoms with E-state index < -0.39 is 17.6 Å². The van der Waals surface area contributed by atoms with Gasteiger partial charge in [-0.1, -0.05) is 0 Å². The number of carboxylic acids is 1. The maximum absolute atomic E-state index is 12.9. The Balaban J connectivity index is 2.30. The third-order valence-corrected chi connectivity index (χ3v) is 2.05. The quantitative estimate of drug-likeness (QED) is 0.892. The third-order valence-electron chi connectivity index (χ3n) is 2.05. The van der Waals surface area contributed by atoms with Crippen LogP contribution in [0.5, 0.6) is 0 Å². The van der Waals surface area contributed by atoms with Crippen molar-refractivity contribution in [2.45, 2.75) is 6.42 Å². The fourth-order valence-electron chi connectivity index (χ4n) is 1.30. The van der Waals surface area contributed by atoms with Gasteiger partial charge in [0.25, 0.3) is 0 Å². The maximum Gasteiger partial charge on any atom is 0.309 e. The van der Waals surface area contributed by atoms with Crippen LogP contribution in [0.1, 0.15) is 5.69 Å². The van der Waals surface area contributed by atoms with Gasteiger partial charge in [0.05, 0.1) is 12.1 Å². The van der Waals surface area contributed by atoms with Crippen LogP contribution in [-0.2, 0) is 11.2 Å². The van der Waals surface area contributed by atoms with Crippen LogP contribution in [0.2, 0.25) is 0 Å². The lowest BCUT2D eigenvalue weighted by atomic mass is 10.2. The fraction of sp³-hybridized carbons (Fsp3) is 0.0909. The lowest BCUT2D eigenvalue weighted by Crippen LogP contribution is -1.99. The van der Waals surface area contributed by atoms with Crippen LogP contribution in [0, 0.1) is 11.6 Å². The van der Waals surface area contributed by atoms with Crippen LogP contribution >= 0.6 is 0 Å². The van der Waals surface area contributed by atoms with E-state index in [0.717, 1.165) is 12.1 Å². The normalized spacial score (nSPS) is 10.5. The van der Waals surface area contributed by atoms with E-state index in [4.69, 9.17) is 9.52 Å². The minimum Gasteiger partial charge on any atom is -0.481 e. The molecule has 0 radical (unpaired) electrons. The Labute approximate surface area is 94.5 Å². The van der Waals surface area contributed by atoms with E-state index in [1.54, 1.807) is 0 Å². The summed E-state index contributed by atoms with van der Waals surface area (Å²) in [6, 6.07) is 3.19. The molecule has 0 saturated heterocycles. The molecule has 1 aromatic heterocycles. The standard InChI is InChI=1S/C11H7F2NO3/c12-8-2-1-6(3-9(8)13)11-14-7(5-17-11)4-10(15)16/h1-3,5H,4H2,(H,15,16). The number of oxazole rings is 1. The number of hydrogen-bond acceptors (Lipinski definition) is 3. The van der Waals surface area contributed by atoms with Crippen molar-refractivity contribution in [1.29, 1.82) is 0 Å². The second kappa shape index (κ2) is 4.32. The predicted octanol–water partition coefficient (Wildman–Crippen LogP) is 2.25. The molecule has 1 N–H and O–H groups in total. The molecule has 0 aliphatic rings. The first-order valence-electron chi connectivity index (χ1n) is 4.68. The second-order valence-electron chi connectivity index (χ2n) is 3.34. The van der Waals surface area contributed by atoms with E-state index in [1.807, 2.05) is 0 Å². The molecule has 2 rings (SSSR count). The molecule has 0 amide bonds. The average Bonchev–Trinajstić information content (AvgIpc) is 2.69. The van der Waals surface area contributed by atoms with Gasteiger partial charge in [-0.25, -0.2) is 13.8 Å². The van der Waals surface area contributed by atoms with Crippen LogP contribution in [0.25, 0.3) is 11.5 Å². The van der Waals surface area contributed by atoms with Crippen molar-refractivity contribution in [2.75, 3.05) is 0 Å². The zero-order valence-electron chi connectivity index (χ0n) is 8.48. The SMILES string of the molecule is O=C(O)Cc1coc(-c2ccc(F)c(F)c2)n1. The smallest absolute Gasteiger partial charge is 0.309 e. The number of benzene rings is 1. The Morgan fingerprint density at radius 1 is 1.35 bits per heavy atom. The third kappa shape index (κ3) is 2.47. The van der Waals surface area contributed by atoms with Crippen molar-refractivity contribution in [2.24, 2.45) is 0 Å². The zero-order chi connectivity index (χ0) is 12.4. The summed E-state index contributed by atoms with van der Waals surface area (Å²) < 4.78 is 30.6. The molecule has 0 unspecified atom stereocenters. The van der Waals surface area contributed by atoms with Crippen LogP contribution < -0.4 is 0 Å². The molecule has 0 aliphatic heterocycles. The Hall–Kier alpha value is -2.24. The monoisotopic (exact) mass is 239 g/mol. The van der Waals surface area contributed by atoms with Gasteiger partial charge in [0.1, 0.15) is 6.26 Å². The number of aliphatic carboxylic acids is 1. The zero-order valence-corrected chi connectivity index (χ0v) is 8.48. The van der Waals surface area contributed by atoms with Gasteiger partial charge < -0.3 is 9.52 Å². The molecule has 6 heteroatoms. The first-order valence-corrected chi connectivity index (χ1v) is 4.68. The van der Waals surface area contributed by atoms with Gasteiger partial charge in [-0.2, -0.15) is 0 Å². The molecule has 1 aromatic carbocycles. The van der Waals surface area contributed by atoms with Crippen LogP contribution in [0.3, 0.4) is 0 Å². The minimum absolute atomic E-state index is 0.0557. The van der Waals surface area contributed by atoms with Crippen molar-refractivity contribution in [3.63, 3.8) is 0 Å². The van der Waals surface area contributed by atoms with E-state index in [0.29, 0.717) is 0 Å². The highest BCUT2D eigenvalue weighted by Crippen LogP contribution is 2.21. The maximum atomic E-state index is 12.9. The number of nitrogens with zero attached hydrogens (tertiary/aromatic N) is 1. The summed E-state index contributed by atoms with van der Waals surface area (Å²) in [6.45, 7) is 0. The second-order valence-corrected chi connectivity index (χ2v) is 3.34. The first-order chi connectivity index (χ1) is 8.06. The molecule has 17 heavy (non-hydrogen) atoms. The van der Waals surface area contributed by atoms with E-state index >= 15 is 0 Å². The molecule has 4 nitrogen and oxygen atoms in total. The van der Waals surface area contributed by atoms with Crippen molar-refractivity contribution in [3.05, 3.63) is 41.8 Å².